The lowest BCUT2D eigenvalue weighted by Gasteiger charge is -2.17. The fraction of sp³-hybridized carbons (Fsp3) is 0.500. The average molecular weight is 362 g/mol. The Morgan fingerprint density at radius 3 is 2.42 bits per heavy atom. The van der Waals surface area contributed by atoms with Gasteiger partial charge < -0.3 is 21.1 Å². The van der Waals surface area contributed by atoms with Gasteiger partial charge in [0.1, 0.15) is 6.10 Å². The number of nitrogens with two attached hydrogens (primary N) is 1. The maximum Gasteiger partial charge on any atom is 0.239 e. The van der Waals surface area contributed by atoms with Crippen LogP contribution in [-0.2, 0) is 9.59 Å². The molecule has 0 saturated carbocycles. The zero-order chi connectivity index (χ0) is 17.4. The standard InChI is InChI=1S/C16H24FN3O3.ClH/c1-10(2)15(18)16(22)20-9-14(21)19-8-11(3)23-13-7-5-4-6-12(13)17;/h4-7,10-11,15H,8-9,18H2,1-3H3,(H,19,21)(H,20,22);1H/t11?,15-;/m0./s1. The summed E-state index contributed by atoms with van der Waals surface area (Å²) in [4.78, 5) is 23.3. The lowest BCUT2D eigenvalue weighted by atomic mass is 10.1. The van der Waals surface area contributed by atoms with Crippen LogP contribution in [0.25, 0.3) is 0 Å². The number of rotatable bonds is 8. The molecule has 136 valence electrons. The molecule has 24 heavy (non-hydrogen) atoms. The summed E-state index contributed by atoms with van der Waals surface area (Å²) < 4.78 is 18.8. The highest BCUT2D eigenvalue weighted by Gasteiger charge is 2.17. The van der Waals surface area contributed by atoms with Crippen molar-refractivity contribution in [2.24, 2.45) is 11.7 Å². The van der Waals surface area contributed by atoms with Gasteiger partial charge in [0.2, 0.25) is 11.8 Å². The molecule has 6 nitrogen and oxygen atoms in total. The monoisotopic (exact) mass is 361 g/mol. The van der Waals surface area contributed by atoms with Crippen LogP contribution in [0.5, 0.6) is 5.75 Å². The topological polar surface area (TPSA) is 93.5 Å². The first-order valence-electron chi connectivity index (χ1n) is 7.52. The molecule has 1 aromatic rings. The number of halogens is 2. The number of hydrogen-bond acceptors (Lipinski definition) is 4. The molecule has 0 heterocycles. The van der Waals surface area contributed by atoms with Crippen molar-refractivity contribution < 1.29 is 18.7 Å². The molecule has 1 rings (SSSR count). The van der Waals surface area contributed by atoms with Gasteiger partial charge >= 0.3 is 0 Å². The first-order chi connectivity index (χ1) is 10.8. The van der Waals surface area contributed by atoms with Crippen LogP contribution in [0, 0.1) is 11.7 Å². The highest BCUT2D eigenvalue weighted by molar-refractivity contribution is 5.87. The maximum absolute atomic E-state index is 13.4. The van der Waals surface area contributed by atoms with E-state index in [1.54, 1.807) is 19.1 Å². The second-order valence-electron chi connectivity index (χ2n) is 5.65. The van der Waals surface area contributed by atoms with Gasteiger partial charge in [-0.2, -0.15) is 0 Å². The summed E-state index contributed by atoms with van der Waals surface area (Å²) in [5.74, 6) is -1.07. The van der Waals surface area contributed by atoms with E-state index in [0.717, 1.165) is 0 Å². The molecule has 1 unspecified atom stereocenters. The van der Waals surface area contributed by atoms with Crippen LogP contribution in [-0.4, -0.2) is 37.0 Å². The number of hydrogen-bond donors (Lipinski definition) is 3. The lowest BCUT2D eigenvalue weighted by molar-refractivity contribution is -0.127. The second kappa shape index (κ2) is 10.8. The third-order valence-electron chi connectivity index (χ3n) is 3.20. The molecule has 0 bridgehead atoms. The van der Waals surface area contributed by atoms with E-state index in [2.05, 4.69) is 10.6 Å². The third kappa shape index (κ3) is 7.61. The average Bonchev–Trinajstić information content (AvgIpc) is 2.51. The number of benzene rings is 1. The van der Waals surface area contributed by atoms with Crippen LogP contribution in [0.2, 0.25) is 0 Å². The van der Waals surface area contributed by atoms with Gasteiger partial charge in [0.25, 0.3) is 0 Å². The van der Waals surface area contributed by atoms with Crippen LogP contribution in [0.1, 0.15) is 20.8 Å². The zero-order valence-corrected chi connectivity index (χ0v) is 14.9. The fourth-order valence-corrected chi connectivity index (χ4v) is 1.71. The van der Waals surface area contributed by atoms with Crippen molar-refractivity contribution in [3.05, 3.63) is 30.1 Å². The predicted octanol–water partition coefficient (Wildman–Crippen LogP) is 1.23. The molecule has 8 heteroatoms. The largest absolute Gasteiger partial charge is 0.486 e. The van der Waals surface area contributed by atoms with Crippen LogP contribution < -0.4 is 21.1 Å². The molecule has 2 atom stereocenters. The zero-order valence-electron chi connectivity index (χ0n) is 14.0. The van der Waals surface area contributed by atoms with E-state index in [1.807, 2.05) is 13.8 Å². The molecule has 4 N–H and O–H groups in total. The SMILES string of the molecule is CC(CNC(=O)CNC(=O)[C@@H](N)C(C)C)Oc1ccccc1F.Cl. The summed E-state index contributed by atoms with van der Waals surface area (Å²) in [6.07, 6.45) is -0.413. The quantitative estimate of drug-likeness (QED) is 0.649. The molecule has 0 aliphatic rings. The number of carbonyl (C=O) groups is 2. The van der Waals surface area contributed by atoms with Gasteiger partial charge in [0, 0.05) is 0 Å². The Morgan fingerprint density at radius 1 is 1.21 bits per heavy atom. The van der Waals surface area contributed by atoms with E-state index in [4.69, 9.17) is 10.5 Å². The molecule has 0 aromatic heterocycles. The molecule has 0 aliphatic heterocycles. The summed E-state index contributed by atoms with van der Waals surface area (Å²) in [6, 6.07) is 5.40. The minimum Gasteiger partial charge on any atom is -0.486 e. The van der Waals surface area contributed by atoms with Crippen LogP contribution >= 0.6 is 12.4 Å². The Balaban J connectivity index is 0.00000529. The smallest absolute Gasteiger partial charge is 0.239 e. The van der Waals surface area contributed by atoms with Crippen molar-refractivity contribution in [1.82, 2.24) is 10.6 Å². The first-order valence-corrected chi connectivity index (χ1v) is 7.52. The van der Waals surface area contributed by atoms with Crippen molar-refractivity contribution in [2.45, 2.75) is 32.9 Å². The molecule has 2 amide bonds. The normalized spacial score (nSPS) is 12.8. The molecular weight excluding hydrogens is 337 g/mol. The van der Waals surface area contributed by atoms with Gasteiger partial charge in [-0.1, -0.05) is 26.0 Å². The Hall–Kier alpha value is -1.86. The molecule has 0 saturated heterocycles. The van der Waals surface area contributed by atoms with Gasteiger partial charge in [0.05, 0.1) is 19.1 Å². The molecule has 0 aliphatic carbocycles. The number of nitrogens with one attached hydrogen (secondary N) is 2. The number of carbonyl (C=O) groups excluding carboxylic acids is 2. The minimum absolute atomic E-state index is 0. The van der Waals surface area contributed by atoms with Crippen LogP contribution in [0.3, 0.4) is 0 Å². The Morgan fingerprint density at radius 2 is 1.83 bits per heavy atom. The Kier molecular flexibility index (Phi) is 9.99. The van der Waals surface area contributed by atoms with E-state index in [1.165, 1.54) is 12.1 Å². The summed E-state index contributed by atoms with van der Waals surface area (Å²) in [7, 11) is 0. The molecule has 1 aromatic carbocycles. The number of para-hydroxylation sites is 1. The molecule has 0 radical (unpaired) electrons. The van der Waals surface area contributed by atoms with Gasteiger partial charge in [-0.3, -0.25) is 9.59 Å². The van der Waals surface area contributed by atoms with Gasteiger partial charge in [-0.25, -0.2) is 4.39 Å². The summed E-state index contributed by atoms with van der Waals surface area (Å²) >= 11 is 0. The number of ether oxygens (including phenoxy) is 1. The van der Waals surface area contributed by atoms with Gasteiger partial charge in [0.15, 0.2) is 11.6 Å². The van der Waals surface area contributed by atoms with E-state index >= 15 is 0 Å². The van der Waals surface area contributed by atoms with Crippen molar-refractivity contribution in [2.75, 3.05) is 13.1 Å². The van der Waals surface area contributed by atoms with E-state index in [-0.39, 0.29) is 49.0 Å². The molecule has 0 spiro atoms. The first kappa shape index (κ1) is 22.1. The van der Waals surface area contributed by atoms with Gasteiger partial charge in [-0.15, -0.1) is 12.4 Å². The maximum atomic E-state index is 13.4. The number of amides is 2. The van der Waals surface area contributed by atoms with Crippen molar-refractivity contribution in [3.8, 4) is 5.75 Å². The van der Waals surface area contributed by atoms with Crippen molar-refractivity contribution in [1.29, 1.82) is 0 Å². The Labute approximate surface area is 147 Å². The van der Waals surface area contributed by atoms with Gasteiger partial charge in [-0.05, 0) is 25.0 Å². The summed E-state index contributed by atoms with van der Waals surface area (Å²) in [5.41, 5.74) is 5.67. The highest BCUT2D eigenvalue weighted by atomic mass is 35.5. The summed E-state index contributed by atoms with van der Waals surface area (Å²) in [6.45, 7) is 5.39. The highest BCUT2D eigenvalue weighted by Crippen LogP contribution is 2.16. The molecular formula is C16H25ClFN3O3. The second-order valence-corrected chi connectivity index (χ2v) is 5.65. The van der Waals surface area contributed by atoms with E-state index in [0.29, 0.717) is 0 Å². The minimum atomic E-state index is -0.647. The van der Waals surface area contributed by atoms with Crippen molar-refractivity contribution in [3.63, 3.8) is 0 Å². The lowest BCUT2D eigenvalue weighted by Crippen LogP contribution is -2.47. The van der Waals surface area contributed by atoms with Crippen LogP contribution in [0.4, 0.5) is 4.39 Å². The summed E-state index contributed by atoms with van der Waals surface area (Å²) in [5, 5.41) is 5.07. The predicted molar refractivity (Wildman–Crippen MR) is 92.6 cm³/mol. The Bertz CT molecular complexity index is 543. The fourth-order valence-electron chi connectivity index (χ4n) is 1.71. The van der Waals surface area contributed by atoms with E-state index < -0.39 is 18.0 Å². The van der Waals surface area contributed by atoms with E-state index in [9.17, 15) is 14.0 Å². The molecule has 0 fully saturated rings. The third-order valence-corrected chi connectivity index (χ3v) is 3.20. The van der Waals surface area contributed by atoms with Crippen LogP contribution in [0.15, 0.2) is 24.3 Å². The van der Waals surface area contributed by atoms with Crippen molar-refractivity contribution >= 4 is 24.2 Å².